The zero-order chi connectivity index (χ0) is 23.2. The van der Waals surface area contributed by atoms with E-state index in [1.54, 1.807) is 6.07 Å². The van der Waals surface area contributed by atoms with E-state index in [1.807, 2.05) is 44.0 Å². The van der Waals surface area contributed by atoms with Gasteiger partial charge in [-0.15, -0.1) is 0 Å². The van der Waals surface area contributed by atoms with Crippen LogP contribution in [0.2, 0.25) is 0 Å². The summed E-state index contributed by atoms with van der Waals surface area (Å²) in [5, 5.41) is 7.64. The molecule has 7 nitrogen and oxygen atoms in total. The van der Waals surface area contributed by atoms with Crippen LogP contribution in [-0.4, -0.2) is 29.3 Å². The van der Waals surface area contributed by atoms with Gasteiger partial charge in [-0.25, -0.2) is 15.0 Å². The van der Waals surface area contributed by atoms with Crippen LogP contribution in [0.5, 0.6) is 0 Å². The van der Waals surface area contributed by atoms with Crippen molar-refractivity contribution < 1.29 is 13.2 Å². The number of halogens is 3. The number of rotatable bonds is 5. The Bertz CT molecular complexity index is 1280. The van der Waals surface area contributed by atoms with Gasteiger partial charge in [0.1, 0.15) is 12.2 Å². The minimum Gasteiger partial charge on any atom is -0.364 e. The van der Waals surface area contributed by atoms with E-state index in [9.17, 15) is 13.2 Å². The van der Waals surface area contributed by atoms with Crippen molar-refractivity contribution in [1.82, 2.24) is 29.3 Å². The summed E-state index contributed by atoms with van der Waals surface area (Å²) in [7, 11) is 1.88. The average molecular weight is 443 g/mol. The van der Waals surface area contributed by atoms with E-state index in [4.69, 9.17) is 4.98 Å². The fraction of sp³-hybridized carbons (Fsp3) is 0.364. The SMILES string of the molecule is Cc1nn(C)c(C)c1-c1nc2c(NCc3cccc(C(F)(F)F)c3)ncnc2n1C(C)C. The number of alkyl halides is 3. The van der Waals surface area contributed by atoms with Crippen molar-refractivity contribution in [2.45, 2.75) is 46.5 Å². The highest BCUT2D eigenvalue weighted by molar-refractivity contribution is 5.87. The molecule has 0 spiro atoms. The molecule has 1 aromatic carbocycles. The van der Waals surface area contributed by atoms with Crippen molar-refractivity contribution in [2.75, 3.05) is 5.32 Å². The first kappa shape index (κ1) is 21.8. The van der Waals surface area contributed by atoms with Crippen LogP contribution in [-0.2, 0) is 19.8 Å². The highest BCUT2D eigenvalue weighted by atomic mass is 19.4. The van der Waals surface area contributed by atoms with Crippen molar-refractivity contribution in [3.63, 3.8) is 0 Å². The molecule has 0 bridgehead atoms. The number of imidazole rings is 1. The maximum atomic E-state index is 13.0. The molecule has 32 heavy (non-hydrogen) atoms. The molecule has 4 aromatic rings. The Morgan fingerprint density at radius 3 is 2.50 bits per heavy atom. The van der Waals surface area contributed by atoms with Crippen LogP contribution in [0.25, 0.3) is 22.6 Å². The van der Waals surface area contributed by atoms with Gasteiger partial charge in [0.2, 0.25) is 0 Å². The van der Waals surface area contributed by atoms with Gasteiger partial charge >= 0.3 is 6.18 Å². The lowest BCUT2D eigenvalue weighted by atomic mass is 10.1. The lowest BCUT2D eigenvalue weighted by Gasteiger charge is -2.13. The van der Waals surface area contributed by atoms with E-state index in [2.05, 4.69) is 20.4 Å². The quantitative estimate of drug-likeness (QED) is 0.467. The molecule has 3 heterocycles. The van der Waals surface area contributed by atoms with Gasteiger partial charge in [-0.3, -0.25) is 4.68 Å². The number of hydrogen-bond acceptors (Lipinski definition) is 5. The molecule has 0 saturated heterocycles. The van der Waals surface area contributed by atoms with E-state index < -0.39 is 11.7 Å². The van der Waals surface area contributed by atoms with E-state index in [-0.39, 0.29) is 12.6 Å². The molecule has 10 heteroatoms. The van der Waals surface area contributed by atoms with Crippen LogP contribution >= 0.6 is 0 Å². The van der Waals surface area contributed by atoms with Gasteiger partial charge in [0, 0.05) is 25.3 Å². The van der Waals surface area contributed by atoms with Crippen LogP contribution in [0.3, 0.4) is 0 Å². The summed E-state index contributed by atoms with van der Waals surface area (Å²) in [5.41, 5.74) is 3.79. The van der Waals surface area contributed by atoms with Crippen LogP contribution in [0.15, 0.2) is 30.6 Å². The zero-order valence-electron chi connectivity index (χ0n) is 18.5. The first-order valence-electron chi connectivity index (χ1n) is 10.2. The normalized spacial score (nSPS) is 12.2. The molecule has 0 atom stereocenters. The summed E-state index contributed by atoms with van der Waals surface area (Å²) in [5.74, 6) is 1.20. The third-order valence-corrected chi connectivity index (χ3v) is 5.44. The second-order valence-electron chi connectivity index (χ2n) is 8.01. The van der Waals surface area contributed by atoms with Gasteiger partial charge in [0.05, 0.1) is 16.8 Å². The molecule has 4 rings (SSSR count). The molecule has 0 aliphatic carbocycles. The molecule has 0 radical (unpaired) electrons. The number of nitrogens with one attached hydrogen (secondary N) is 1. The molecule has 1 N–H and O–H groups in total. The number of nitrogens with zero attached hydrogens (tertiary/aromatic N) is 6. The highest BCUT2D eigenvalue weighted by Gasteiger charge is 2.30. The maximum absolute atomic E-state index is 13.0. The van der Waals surface area contributed by atoms with Crippen molar-refractivity contribution in [3.05, 3.63) is 53.1 Å². The Kier molecular flexibility index (Phi) is 5.39. The second-order valence-corrected chi connectivity index (χ2v) is 8.01. The predicted octanol–water partition coefficient (Wildman–Crippen LogP) is 5.06. The van der Waals surface area contributed by atoms with Crippen molar-refractivity contribution >= 4 is 17.0 Å². The Balaban J connectivity index is 1.76. The van der Waals surface area contributed by atoms with Crippen LogP contribution < -0.4 is 5.32 Å². The lowest BCUT2D eigenvalue weighted by molar-refractivity contribution is -0.137. The molecule has 0 saturated carbocycles. The van der Waals surface area contributed by atoms with Gasteiger partial charge in [0.15, 0.2) is 17.0 Å². The van der Waals surface area contributed by atoms with Crippen LogP contribution in [0.1, 0.15) is 42.4 Å². The topological polar surface area (TPSA) is 73.5 Å². The monoisotopic (exact) mass is 443 g/mol. The first-order valence-corrected chi connectivity index (χ1v) is 10.2. The Hall–Kier alpha value is -3.43. The fourth-order valence-corrected chi connectivity index (χ4v) is 3.84. The number of aryl methyl sites for hydroxylation is 2. The summed E-state index contributed by atoms with van der Waals surface area (Å²) in [4.78, 5) is 13.6. The van der Waals surface area contributed by atoms with Crippen molar-refractivity contribution in [1.29, 1.82) is 0 Å². The molecule has 0 unspecified atom stereocenters. The van der Waals surface area contributed by atoms with Crippen LogP contribution in [0, 0.1) is 13.8 Å². The Labute approximate surface area is 183 Å². The smallest absolute Gasteiger partial charge is 0.364 e. The molecule has 168 valence electrons. The molecular formula is C22H24F3N7. The Morgan fingerprint density at radius 1 is 1.12 bits per heavy atom. The summed E-state index contributed by atoms with van der Waals surface area (Å²) in [6, 6.07) is 5.30. The van der Waals surface area contributed by atoms with Crippen molar-refractivity contribution in [2.24, 2.45) is 7.05 Å². The van der Waals surface area contributed by atoms with Crippen LogP contribution in [0.4, 0.5) is 19.0 Å². The number of fused-ring (bicyclic) bond motifs is 1. The van der Waals surface area contributed by atoms with E-state index in [0.29, 0.717) is 22.5 Å². The van der Waals surface area contributed by atoms with E-state index in [0.717, 1.165) is 34.9 Å². The molecular weight excluding hydrogens is 419 g/mol. The summed E-state index contributed by atoms with van der Waals surface area (Å²) >= 11 is 0. The number of hydrogen-bond donors (Lipinski definition) is 1. The van der Waals surface area contributed by atoms with Gasteiger partial charge < -0.3 is 9.88 Å². The first-order chi connectivity index (χ1) is 15.1. The molecule has 0 fully saturated rings. The molecule has 0 aliphatic rings. The number of anilines is 1. The summed E-state index contributed by atoms with van der Waals surface area (Å²) in [6.07, 6.45) is -2.95. The zero-order valence-corrected chi connectivity index (χ0v) is 18.5. The second kappa shape index (κ2) is 7.92. The standard InChI is InChI=1S/C22H24F3N7/c1-12(2)32-20(17-13(3)30-31(5)14(17)4)29-18-19(27-11-28-21(18)32)26-10-15-7-6-8-16(9-15)22(23,24)25/h6-9,11-12H,10H2,1-5H3,(H,26,27,28). The van der Waals surface area contributed by atoms with E-state index >= 15 is 0 Å². The maximum Gasteiger partial charge on any atom is 0.416 e. The summed E-state index contributed by atoms with van der Waals surface area (Å²) < 4.78 is 42.9. The third-order valence-electron chi connectivity index (χ3n) is 5.44. The largest absolute Gasteiger partial charge is 0.416 e. The predicted molar refractivity (Wildman–Crippen MR) is 116 cm³/mol. The highest BCUT2D eigenvalue weighted by Crippen LogP contribution is 2.33. The van der Waals surface area contributed by atoms with E-state index in [1.165, 1.54) is 12.4 Å². The van der Waals surface area contributed by atoms with Crippen molar-refractivity contribution in [3.8, 4) is 11.4 Å². The number of aromatic nitrogens is 6. The lowest BCUT2D eigenvalue weighted by Crippen LogP contribution is -2.08. The number of benzene rings is 1. The Morgan fingerprint density at radius 2 is 1.88 bits per heavy atom. The van der Waals surface area contributed by atoms with Gasteiger partial charge in [-0.1, -0.05) is 12.1 Å². The molecule has 0 aliphatic heterocycles. The van der Waals surface area contributed by atoms with Gasteiger partial charge in [-0.2, -0.15) is 18.3 Å². The molecule has 3 aromatic heterocycles. The van der Waals surface area contributed by atoms with Gasteiger partial charge in [-0.05, 0) is 45.4 Å². The molecule has 0 amide bonds. The minimum atomic E-state index is -4.39. The third kappa shape index (κ3) is 3.80. The minimum absolute atomic E-state index is 0.0697. The average Bonchev–Trinajstić information content (AvgIpc) is 3.22. The summed E-state index contributed by atoms with van der Waals surface area (Å²) in [6.45, 7) is 8.18. The van der Waals surface area contributed by atoms with Gasteiger partial charge in [0.25, 0.3) is 0 Å². The fourth-order valence-electron chi connectivity index (χ4n) is 3.84.